The maximum Gasteiger partial charge on any atom is 0.387 e. The van der Waals surface area contributed by atoms with Crippen molar-refractivity contribution in [3.63, 3.8) is 0 Å². The van der Waals surface area contributed by atoms with E-state index in [1.165, 1.54) is 11.6 Å². The predicted octanol–water partition coefficient (Wildman–Crippen LogP) is 4.75. The highest BCUT2D eigenvalue weighted by Gasteiger charge is 2.17. The van der Waals surface area contributed by atoms with Gasteiger partial charge in [0.1, 0.15) is 5.75 Å². The molecule has 1 heterocycles. The molecule has 0 saturated heterocycles. The molecule has 0 aliphatic heterocycles. The molecule has 0 bridgehead atoms. The summed E-state index contributed by atoms with van der Waals surface area (Å²) in [7, 11) is 0. The van der Waals surface area contributed by atoms with Crippen LogP contribution in [0.3, 0.4) is 0 Å². The van der Waals surface area contributed by atoms with Crippen LogP contribution in [0.2, 0.25) is 0 Å². The summed E-state index contributed by atoms with van der Waals surface area (Å²) in [4.78, 5) is 6.57. The number of rotatable bonds is 9. The highest BCUT2D eigenvalue weighted by atomic mass is 19.3. The summed E-state index contributed by atoms with van der Waals surface area (Å²) >= 11 is 0. The van der Waals surface area contributed by atoms with Gasteiger partial charge in [-0.05, 0) is 30.7 Å². The second kappa shape index (κ2) is 9.23. The van der Waals surface area contributed by atoms with E-state index in [1.54, 1.807) is 18.2 Å². The normalized spacial score (nSPS) is 11.3. The molecule has 0 spiro atoms. The first-order chi connectivity index (χ1) is 13.2. The van der Waals surface area contributed by atoms with Gasteiger partial charge in [0.25, 0.3) is 0 Å². The average Bonchev–Trinajstić information content (AvgIpc) is 3.11. The lowest BCUT2D eigenvalue weighted by atomic mass is 10.2. The number of benzene rings is 2. The first kappa shape index (κ1) is 19.0. The van der Waals surface area contributed by atoms with Crippen molar-refractivity contribution < 1.29 is 18.0 Å². The lowest BCUT2D eigenvalue weighted by Gasteiger charge is -2.19. The molecule has 0 aliphatic rings. The number of para-hydroxylation sites is 1. The van der Waals surface area contributed by atoms with Gasteiger partial charge in [0.15, 0.2) is 0 Å². The fourth-order valence-corrected chi connectivity index (χ4v) is 2.84. The zero-order valence-electron chi connectivity index (χ0n) is 15.0. The van der Waals surface area contributed by atoms with Gasteiger partial charge in [-0.25, -0.2) is 0 Å². The van der Waals surface area contributed by atoms with Crippen LogP contribution in [0.25, 0.3) is 11.4 Å². The smallest absolute Gasteiger partial charge is 0.387 e. The predicted molar refractivity (Wildman–Crippen MR) is 97.2 cm³/mol. The summed E-state index contributed by atoms with van der Waals surface area (Å²) < 4.78 is 35.1. The summed E-state index contributed by atoms with van der Waals surface area (Å²) in [5.74, 6) is 0.688. The van der Waals surface area contributed by atoms with E-state index in [4.69, 9.17) is 4.52 Å². The van der Waals surface area contributed by atoms with Crippen molar-refractivity contribution in [2.24, 2.45) is 0 Å². The van der Waals surface area contributed by atoms with Gasteiger partial charge in [-0.1, -0.05) is 54.5 Å². The molecular weight excluding hydrogens is 352 g/mol. The Bertz CT molecular complexity index is 840. The highest BCUT2D eigenvalue weighted by molar-refractivity contribution is 5.63. The Morgan fingerprint density at radius 1 is 1.04 bits per heavy atom. The first-order valence-electron chi connectivity index (χ1n) is 8.78. The van der Waals surface area contributed by atoms with E-state index in [1.807, 2.05) is 18.2 Å². The fraction of sp³-hybridized carbons (Fsp3) is 0.300. The van der Waals surface area contributed by atoms with Crippen molar-refractivity contribution >= 4 is 0 Å². The van der Waals surface area contributed by atoms with Crippen molar-refractivity contribution in [1.29, 1.82) is 0 Å². The zero-order chi connectivity index (χ0) is 19.1. The third-order valence-electron chi connectivity index (χ3n) is 3.96. The molecule has 0 aliphatic carbocycles. The van der Waals surface area contributed by atoms with Crippen LogP contribution in [-0.2, 0) is 13.1 Å². The van der Waals surface area contributed by atoms with Crippen molar-refractivity contribution in [2.45, 2.75) is 33.0 Å². The number of alkyl halides is 2. The summed E-state index contributed by atoms with van der Waals surface area (Å²) in [5, 5.41) is 3.94. The Morgan fingerprint density at radius 2 is 1.78 bits per heavy atom. The number of nitrogens with zero attached hydrogens (tertiary/aromatic N) is 3. The zero-order valence-corrected chi connectivity index (χ0v) is 15.0. The summed E-state index contributed by atoms with van der Waals surface area (Å²) in [6.07, 6.45) is 0.985. The molecule has 0 unspecified atom stereocenters. The van der Waals surface area contributed by atoms with E-state index in [0.29, 0.717) is 18.0 Å². The van der Waals surface area contributed by atoms with Crippen molar-refractivity contribution in [2.75, 3.05) is 6.54 Å². The van der Waals surface area contributed by atoms with E-state index in [9.17, 15) is 8.78 Å². The molecule has 0 atom stereocenters. The highest BCUT2D eigenvalue weighted by Crippen LogP contribution is 2.29. The van der Waals surface area contributed by atoms with Gasteiger partial charge in [-0.3, -0.25) is 4.90 Å². The molecule has 1 aromatic heterocycles. The van der Waals surface area contributed by atoms with Gasteiger partial charge in [0.05, 0.1) is 12.1 Å². The van der Waals surface area contributed by atoms with Gasteiger partial charge in [-0.2, -0.15) is 13.8 Å². The minimum Gasteiger partial charge on any atom is -0.434 e. The second-order valence-electron chi connectivity index (χ2n) is 6.08. The van der Waals surface area contributed by atoms with Crippen LogP contribution in [0, 0.1) is 0 Å². The minimum absolute atomic E-state index is 0.0227. The number of hydrogen-bond acceptors (Lipinski definition) is 5. The van der Waals surface area contributed by atoms with E-state index in [2.05, 4.69) is 38.8 Å². The standard InChI is InChI=1S/C20H21F2N3O2/c1-2-12-25(13-15-8-4-3-5-9-15)14-18-23-19(24-27-18)16-10-6-7-11-17(16)26-20(21)22/h3-11,20H,2,12-14H2,1H3. The topological polar surface area (TPSA) is 51.4 Å². The van der Waals surface area contributed by atoms with E-state index in [-0.39, 0.29) is 11.6 Å². The van der Waals surface area contributed by atoms with E-state index < -0.39 is 6.61 Å². The van der Waals surface area contributed by atoms with E-state index in [0.717, 1.165) is 19.5 Å². The lowest BCUT2D eigenvalue weighted by molar-refractivity contribution is -0.0494. The number of hydrogen-bond donors (Lipinski definition) is 0. The number of halogens is 2. The Kier molecular flexibility index (Phi) is 6.49. The molecule has 2 aromatic carbocycles. The maximum atomic E-state index is 12.6. The molecule has 0 saturated carbocycles. The molecule has 27 heavy (non-hydrogen) atoms. The fourth-order valence-electron chi connectivity index (χ4n) is 2.84. The maximum absolute atomic E-state index is 12.6. The van der Waals surface area contributed by atoms with Gasteiger partial charge in [-0.15, -0.1) is 0 Å². The van der Waals surface area contributed by atoms with Crippen LogP contribution in [0.15, 0.2) is 59.1 Å². The molecule has 142 valence electrons. The third-order valence-corrected chi connectivity index (χ3v) is 3.96. The van der Waals surface area contributed by atoms with Crippen LogP contribution in [-0.4, -0.2) is 28.2 Å². The van der Waals surface area contributed by atoms with Crippen LogP contribution in [0.4, 0.5) is 8.78 Å². The third kappa shape index (κ3) is 5.34. The Labute approximate surface area is 156 Å². The quantitative estimate of drug-likeness (QED) is 0.542. The molecule has 0 amide bonds. The number of aromatic nitrogens is 2. The van der Waals surface area contributed by atoms with E-state index >= 15 is 0 Å². The molecule has 7 heteroatoms. The summed E-state index contributed by atoms with van der Waals surface area (Å²) in [5.41, 5.74) is 1.57. The van der Waals surface area contributed by atoms with Crippen molar-refractivity contribution in [1.82, 2.24) is 15.0 Å². The lowest BCUT2D eigenvalue weighted by Crippen LogP contribution is -2.23. The Balaban J connectivity index is 1.75. The molecule has 3 rings (SSSR count). The molecular formula is C20H21F2N3O2. The van der Waals surface area contributed by atoms with Crippen LogP contribution < -0.4 is 4.74 Å². The minimum atomic E-state index is -2.91. The van der Waals surface area contributed by atoms with Crippen molar-refractivity contribution in [3.05, 3.63) is 66.1 Å². The monoisotopic (exact) mass is 373 g/mol. The molecule has 5 nitrogen and oxygen atoms in total. The van der Waals surface area contributed by atoms with Crippen LogP contribution in [0.1, 0.15) is 24.8 Å². The van der Waals surface area contributed by atoms with Gasteiger partial charge in [0.2, 0.25) is 11.7 Å². The number of ether oxygens (including phenoxy) is 1. The molecule has 0 N–H and O–H groups in total. The van der Waals surface area contributed by atoms with Gasteiger partial charge >= 0.3 is 6.61 Å². The van der Waals surface area contributed by atoms with Gasteiger partial charge in [0, 0.05) is 6.54 Å². The van der Waals surface area contributed by atoms with Crippen molar-refractivity contribution in [3.8, 4) is 17.1 Å². The Morgan fingerprint density at radius 3 is 2.52 bits per heavy atom. The molecule has 0 radical (unpaired) electrons. The average molecular weight is 373 g/mol. The second-order valence-corrected chi connectivity index (χ2v) is 6.08. The summed E-state index contributed by atoms with van der Waals surface area (Å²) in [6.45, 7) is 1.31. The summed E-state index contributed by atoms with van der Waals surface area (Å²) in [6, 6.07) is 16.5. The van der Waals surface area contributed by atoms with Crippen LogP contribution in [0.5, 0.6) is 5.75 Å². The van der Waals surface area contributed by atoms with Gasteiger partial charge < -0.3 is 9.26 Å². The first-order valence-corrected chi connectivity index (χ1v) is 8.78. The SMILES string of the molecule is CCCN(Cc1ccccc1)Cc1nc(-c2ccccc2OC(F)F)no1. The largest absolute Gasteiger partial charge is 0.434 e. The van der Waals surface area contributed by atoms with Crippen LogP contribution >= 0.6 is 0 Å². The molecule has 3 aromatic rings. The Hall–Kier alpha value is -2.80. The molecule has 0 fully saturated rings.